The zero-order valence-corrected chi connectivity index (χ0v) is 11.5. The highest BCUT2D eigenvalue weighted by Gasteiger charge is 2.07. The Bertz CT molecular complexity index is 370. The first-order valence-electron chi connectivity index (χ1n) is 4.82. The molecule has 1 rings (SSSR count). The van der Waals surface area contributed by atoms with Crippen molar-refractivity contribution in [3.63, 3.8) is 0 Å². The van der Waals surface area contributed by atoms with E-state index in [1.807, 2.05) is 19.2 Å². The molecule has 1 nitrogen and oxygen atoms in total. The molecular weight excluding hydrogens is 273 g/mol. The van der Waals surface area contributed by atoms with Crippen LogP contribution in [0.2, 0.25) is 5.02 Å². The molecule has 1 aromatic rings. The number of benzene rings is 1. The van der Waals surface area contributed by atoms with E-state index in [0.29, 0.717) is 0 Å². The summed E-state index contributed by atoms with van der Waals surface area (Å²) < 4.78 is 0.931. The monoisotopic (exact) mass is 287 g/mol. The van der Waals surface area contributed by atoms with Crippen LogP contribution in [0.5, 0.6) is 0 Å². The zero-order chi connectivity index (χ0) is 11.4. The average Bonchev–Trinajstić information content (AvgIpc) is 2.18. The van der Waals surface area contributed by atoms with Gasteiger partial charge in [-0.05, 0) is 54.5 Å². The maximum absolute atomic E-state index is 6.06. The SMILES string of the molecule is CNC(C=C(C)C)c1ccc(Br)c(Cl)c1. The van der Waals surface area contributed by atoms with Crippen LogP contribution < -0.4 is 5.32 Å². The molecular formula is C12H15BrClN. The van der Waals surface area contributed by atoms with Crippen LogP contribution in [0.25, 0.3) is 0 Å². The second-order valence-electron chi connectivity index (χ2n) is 3.68. The Morgan fingerprint density at radius 3 is 2.60 bits per heavy atom. The fraction of sp³-hybridized carbons (Fsp3) is 0.333. The van der Waals surface area contributed by atoms with Crippen LogP contribution in [-0.2, 0) is 0 Å². The van der Waals surface area contributed by atoms with Crippen LogP contribution in [0.15, 0.2) is 34.3 Å². The summed E-state index contributed by atoms with van der Waals surface area (Å²) in [5, 5.41) is 3.99. The van der Waals surface area contributed by atoms with Crippen molar-refractivity contribution in [2.45, 2.75) is 19.9 Å². The molecule has 0 aromatic heterocycles. The van der Waals surface area contributed by atoms with Gasteiger partial charge in [0, 0.05) is 4.47 Å². The minimum absolute atomic E-state index is 0.223. The Balaban J connectivity index is 3.03. The zero-order valence-electron chi connectivity index (χ0n) is 9.14. The van der Waals surface area contributed by atoms with Crippen LogP contribution in [-0.4, -0.2) is 7.05 Å². The summed E-state index contributed by atoms with van der Waals surface area (Å²) in [5.41, 5.74) is 2.46. The van der Waals surface area contributed by atoms with E-state index in [4.69, 9.17) is 11.6 Å². The van der Waals surface area contributed by atoms with E-state index >= 15 is 0 Å². The predicted molar refractivity (Wildman–Crippen MR) is 70.4 cm³/mol. The molecule has 0 saturated carbocycles. The molecule has 0 aliphatic heterocycles. The number of hydrogen-bond donors (Lipinski definition) is 1. The van der Waals surface area contributed by atoms with Gasteiger partial charge in [0.1, 0.15) is 0 Å². The summed E-state index contributed by atoms with van der Waals surface area (Å²) in [4.78, 5) is 0. The van der Waals surface area contributed by atoms with Gasteiger partial charge in [-0.3, -0.25) is 0 Å². The largest absolute Gasteiger partial charge is 0.310 e. The van der Waals surface area contributed by atoms with Gasteiger partial charge in [-0.15, -0.1) is 0 Å². The fourth-order valence-corrected chi connectivity index (χ4v) is 1.82. The second-order valence-corrected chi connectivity index (χ2v) is 4.95. The topological polar surface area (TPSA) is 12.0 Å². The van der Waals surface area contributed by atoms with Crippen molar-refractivity contribution in [2.75, 3.05) is 7.05 Å². The van der Waals surface area contributed by atoms with Crippen molar-refractivity contribution >= 4 is 27.5 Å². The molecule has 0 saturated heterocycles. The summed E-state index contributed by atoms with van der Waals surface area (Å²) in [6, 6.07) is 6.24. The minimum Gasteiger partial charge on any atom is -0.310 e. The predicted octanol–water partition coefficient (Wildman–Crippen LogP) is 4.33. The standard InChI is InChI=1S/C12H15BrClN/c1-8(2)6-12(15-3)9-4-5-10(13)11(14)7-9/h4-7,12,15H,1-3H3. The van der Waals surface area contributed by atoms with E-state index in [9.17, 15) is 0 Å². The van der Waals surface area contributed by atoms with Crippen LogP contribution >= 0.6 is 27.5 Å². The van der Waals surface area contributed by atoms with E-state index in [-0.39, 0.29) is 6.04 Å². The molecule has 0 spiro atoms. The third kappa shape index (κ3) is 3.63. The summed E-state index contributed by atoms with van der Waals surface area (Å²) in [6.45, 7) is 4.18. The summed E-state index contributed by atoms with van der Waals surface area (Å²) in [5.74, 6) is 0. The molecule has 0 bridgehead atoms. The Morgan fingerprint density at radius 2 is 2.13 bits per heavy atom. The highest BCUT2D eigenvalue weighted by molar-refractivity contribution is 9.10. The van der Waals surface area contributed by atoms with E-state index in [1.165, 1.54) is 11.1 Å². The molecule has 0 radical (unpaired) electrons. The smallest absolute Gasteiger partial charge is 0.0551 e. The number of halogens is 2. The molecule has 0 amide bonds. The van der Waals surface area contributed by atoms with Gasteiger partial charge in [-0.25, -0.2) is 0 Å². The van der Waals surface area contributed by atoms with Gasteiger partial charge in [-0.1, -0.05) is 29.3 Å². The molecule has 0 heterocycles. The van der Waals surface area contributed by atoms with Gasteiger partial charge < -0.3 is 5.32 Å². The van der Waals surface area contributed by atoms with Crippen LogP contribution in [0.3, 0.4) is 0 Å². The van der Waals surface area contributed by atoms with Gasteiger partial charge in [0.15, 0.2) is 0 Å². The van der Waals surface area contributed by atoms with Gasteiger partial charge in [0.2, 0.25) is 0 Å². The number of rotatable bonds is 3. The highest BCUT2D eigenvalue weighted by atomic mass is 79.9. The Morgan fingerprint density at radius 1 is 1.47 bits per heavy atom. The molecule has 0 aliphatic carbocycles. The average molecular weight is 289 g/mol. The quantitative estimate of drug-likeness (QED) is 0.816. The van der Waals surface area contributed by atoms with Gasteiger partial charge in [-0.2, -0.15) is 0 Å². The first kappa shape index (κ1) is 12.8. The van der Waals surface area contributed by atoms with Crippen LogP contribution in [0.1, 0.15) is 25.5 Å². The number of hydrogen-bond acceptors (Lipinski definition) is 1. The van der Waals surface area contributed by atoms with Crippen molar-refractivity contribution in [2.24, 2.45) is 0 Å². The third-order valence-corrected chi connectivity index (χ3v) is 3.35. The molecule has 1 atom stereocenters. The van der Waals surface area contributed by atoms with Crippen molar-refractivity contribution in [3.05, 3.63) is 44.9 Å². The molecule has 0 fully saturated rings. The van der Waals surface area contributed by atoms with E-state index < -0.39 is 0 Å². The lowest BCUT2D eigenvalue weighted by molar-refractivity contribution is 0.710. The van der Waals surface area contributed by atoms with E-state index in [0.717, 1.165) is 9.50 Å². The van der Waals surface area contributed by atoms with E-state index in [2.05, 4.69) is 47.2 Å². The second kappa shape index (κ2) is 5.69. The normalized spacial score (nSPS) is 12.3. The summed E-state index contributed by atoms with van der Waals surface area (Å²) in [6.07, 6.45) is 2.18. The molecule has 3 heteroatoms. The molecule has 1 N–H and O–H groups in total. The van der Waals surface area contributed by atoms with Gasteiger partial charge >= 0.3 is 0 Å². The van der Waals surface area contributed by atoms with Crippen molar-refractivity contribution < 1.29 is 0 Å². The number of likely N-dealkylation sites (N-methyl/N-ethyl adjacent to an activating group) is 1. The molecule has 82 valence electrons. The Kier molecular flexibility index (Phi) is 4.84. The maximum atomic E-state index is 6.06. The van der Waals surface area contributed by atoms with Crippen LogP contribution in [0.4, 0.5) is 0 Å². The number of nitrogens with one attached hydrogen (secondary N) is 1. The van der Waals surface area contributed by atoms with Gasteiger partial charge in [0.25, 0.3) is 0 Å². The van der Waals surface area contributed by atoms with Crippen LogP contribution in [0, 0.1) is 0 Å². The van der Waals surface area contributed by atoms with Gasteiger partial charge in [0.05, 0.1) is 11.1 Å². The maximum Gasteiger partial charge on any atom is 0.0551 e. The third-order valence-electron chi connectivity index (χ3n) is 2.11. The van der Waals surface area contributed by atoms with E-state index in [1.54, 1.807) is 0 Å². The lowest BCUT2D eigenvalue weighted by atomic mass is 10.1. The minimum atomic E-state index is 0.223. The first-order chi connectivity index (χ1) is 7.04. The Hall–Kier alpha value is -0.310. The van der Waals surface area contributed by atoms with Crippen molar-refractivity contribution in [1.29, 1.82) is 0 Å². The molecule has 1 unspecified atom stereocenters. The molecule has 0 aliphatic rings. The lowest BCUT2D eigenvalue weighted by Crippen LogP contribution is -2.14. The summed E-state index contributed by atoms with van der Waals surface area (Å²) in [7, 11) is 1.94. The first-order valence-corrected chi connectivity index (χ1v) is 5.99. The highest BCUT2D eigenvalue weighted by Crippen LogP contribution is 2.26. The Labute approximate surface area is 105 Å². The lowest BCUT2D eigenvalue weighted by Gasteiger charge is -2.13. The molecule has 1 aromatic carbocycles. The number of allylic oxidation sites excluding steroid dienone is 1. The molecule has 15 heavy (non-hydrogen) atoms. The van der Waals surface area contributed by atoms with Crippen molar-refractivity contribution in [1.82, 2.24) is 5.32 Å². The summed E-state index contributed by atoms with van der Waals surface area (Å²) >= 11 is 9.44. The van der Waals surface area contributed by atoms with Crippen molar-refractivity contribution in [3.8, 4) is 0 Å². The fourth-order valence-electron chi connectivity index (χ4n) is 1.39.